The summed E-state index contributed by atoms with van der Waals surface area (Å²) < 4.78 is 1.69. The number of carbonyl (C=O) groups excluding carboxylic acids is 1. The van der Waals surface area contributed by atoms with Crippen molar-refractivity contribution in [1.29, 1.82) is 0 Å². The number of hydrogen-bond acceptors (Lipinski definition) is 4. The molecule has 0 unspecified atom stereocenters. The number of nitrogens with one attached hydrogen (secondary N) is 1. The zero-order chi connectivity index (χ0) is 13.1. The molecule has 0 fully saturated rings. The third-order valence-electron chi connectivity index (χ3n) is 2.52. The molecule has 0 aliphatic carbocycles. The van der Waals surface area contributed by atoms with Crippen molar-refractivity contribution in [3.63, 3.8) is 0 Å². The minimum absolute atomic E-state index is 0.184. The number of nitrogen functional groups attached to an aromatic ring is 1. The van der Waals surface area contributed by atoms with E-state index in [0.717, 1.165) is 11.4 Å². The monoisotopic (exact) mass is 245 g/mol. The number of aromatic nitrogens is 3. The molecule has 0 radical (unpaired) electrons. The quantitative estimate of drug-likeness (QED) is 0.830. The highest BCUT2D eigenvalue weighted by atomic mass is 16.1. The molecule has 94 valence electrons. The molecule has 0 aliphatic heterocycles. The summed E-state index contributed by atoms with van der Waals surface area (Å²) in [6.45, 7) is 2.21. The van der Waals surface area contributed by atoms with Gasteiger partial charge in [0.15, 0.2) is 0 Å². The third-order valence-corrected chi connectivity index (χ3v) is 2.52. The van der Waals surface area contributed by atoms with E-state index in [9.17, 15) is 4.79 Å². The number of amides is 1. The van der Waals surface area contributed by atoms with Crippen molar-refractivity contribution < 1.29 is 4.79 Å². The van der Waals surface area contributed by atoms with Gasteiger partial charge in [-0.1, -0.05) is 0 Å². The summed E-state index contributed by atoms with van der Waals surface area (Å²) in [5.41, 5.74) is 8.27. The predicted molar refractivity (Wildman–Crippen MR) is 67.8 cm³/mol. The Bertz CT molecular complexity index is 558. The van der Waals surface area contributed by atoms with E-state index in [1.165, 1.54) is 0 Å². The van der Waals surface area contributed by atoms with E-state index in [-0.39, 0.29) is 5.91 Å². The van der Waals surface area contributed by atoms with Crippen molar-refractivity contribution in [2.75, 3.05) is 5.73 Å². The maximum absolute atomic E-state index is 11.9. The van der Waals surface area contributed by atoms with Gasteiger partial charge in [-0.2, -0.15) is 0 Å². The summed E-state index contributed by atoms with van der Waals surface area (Å²) >= 11 is 0. The first-order valence-electron chi connectivity index (χ1n) is 5.54. The first kappa shape index (κ1) is 12.1. The summed E-state index contributed by atoms with van der Waals surface area (Å²) in [6, 6.07) is 1.64. The molecule has 0 bridgehead atoms. The summed E-state index contributed by atoms with van der Waals surface area (Å²) in [5, 5.41) is 2.77. The van der Waals surface area contributed by atoms with Gasteiger partial charge in [-0.15, -0.1) is 0 Å². The molecule has 0 aromatic carbocycles. The number of anilines is 1. The van der Waals surface area contributed by atoms with Crippen LogP contribution in [0.2, 0.25) is 0 Å². The summed E-state index contributed by atoms with van der Waals surface area (Å²) in [4.78, 5) is 20.2. The molecule has 0 saturated heterocycles. The number of nitrogens with two attached hydrogens (primary N) is 1. The van der Waals surface area contributed by atoms with Gasteiger partial charge in [0.25, 0.3) is 5.91 Å². The molecule has 18 heavy (non-hydrogen) atoms. The van der Waals surface area contributed by atoms with Crippen LogP contribution in [0, 0.1) is 6.92 Å². The lowest BCUT2D eigenvalue weighted by Gasteiger charge is -2.05. The van der Waals surface area contributed by atoms with E-state index < -0.39 is 0 Å². The maximum atomic E-state index is 11.9. The van der Waals surface area contributed by atoms with Gasteiger partial charge in [0.05, 0.1) is 29.8 Å². The number of rotatable bonds is 3. The van der Waals surface area contributed by atoms with Gasteiger partial charge in [-0.05, 0) is 13.0 Å². The fraction of sp³-hybridized carbons (Fsp3) is 0.250. The van der Waals surface area contributed by atoms with Crippen LogP contribution >= 0.6 is 0 Å². The standard InChI is InChI=1S/C12H15N5O/c1-8-4-15-10(5-14-8)6-16-12(18)11-3-9(13)7-17(11)2/h3-5,7H,6,13H2,1-2H3,(H,16,18). The van der Waals surface area contributed by atoms with E-state index >= 15 is 0 Å². The minimum atomic E-state index is -0.184. The lowest BCUT2D eigenvalue weighted by molar-refractivity contribution is 0.0942. The number of aryl methyl sites for hydroxylation is 2. The average Bonchev–Trinajstić information content (AvgIpc) is 2.67. The first-order valence-corrected chi connectivity index (χ1v) is 5.54. The second-order valence-electron chi connectivity index (χ2n) is 4.10. The Balaban J connectivity index is 2.00. The Hall–Kier alpha value is -2.37. The first-order chi connectivity index (χ1) is 8.56. The van der Waals surface area contributed by atoms with E-state index in [1.54, 1.807) is 36.3 Å². The molecular weight excluding hydrogens is 230 g/mol. The normalized spacial score (nSPS) is 10.3. The molecular formula is C12H15N5O. The molecule has 0 saturated carbocycles. The smallest absolute Gasteiger partial charge is 0.268 e. The van der Waals surface area contributed by atoms with Gasteiger partial charge >= 0.3 is 0 Å². The second-order valence-corrected chi connectivity index (χ2v) is 4.10. The lowest BCUT2D eigenvalue weighted by atomic mass is 10.3. The largest absolute Gasteiger partial charge is 0.397 e. The molecule has 0 atom stereocenters. The fourth-order valence-electron chi connectivity index (χ4n) is 1.59. The van der Waals surface area contributed by atoms with Crippen molar-refractivity contribution in [2.24, 2.45) is 7.05 Å². The Morgan fingerprint density at radius 3 is 2.78 bits per heavy atom. The highest BCUT2D eigenvalue weighted by molar-refractivity contribution is 5.93. The van der Waals surface area contributed by atoms with Gasteiger partial charge in [0.2, 0.25) is 0 Å². The lowest BCUT2D eigenvalue weighted by Crippen LogP contribution is -2.25. The van der Waals surface area contributed by atoms with Crippen LogP contribution in [-0.2, 0) is 13.6 Å². The summed E-state index contributed by atoms with van der Waals surface area (Å²) in [7, 11) is 1.77. The average molecular weight is 245 g/mol. The van der Waals surface area contributed by atoms with Crippen molar-refractivity contribution in [1.82, 2.24) is 19.9 Å². The van der Waals surface area contributed by atoms with Crippen LogP contribution in [0.4, 0.5) is 5.69 Å². The number of nitrogens with zero attached hydrogens (tertiary/aromatic N) is 3. The van der Waals surface area contributed by atoms with Gasteiger partial charge in [-0.25, -0.2) is 0 Å². The number of hydrogen-bond donors (Lipinski definition) is 2. The van der Waals surface area contributed by atoms with E-state index in [4.69, 9.17) is 5.73 Å². The van der Waals surface area contributed by atoms with Crippen LogP contribution in [-0.4, -0.2) is 20.4 Å². The third kappa shape index (κ3) is 2.65. The zero-order valence-corrected chi connectivity index (χ0v) is 10.3. The van der Waals surface area contributed by atoms with Gasteiger partial charge in [0, 0.05) is 19.4 Å². The molecule has 0 aliphatic rings. The second kappa shape index (κ2) is 4.87. The zero-order valence-electron chi connectivity index (χ0n) is 10.3. The Morgan fingerprint density at radius 1 is 1.44 bits per heavy atom. The highest BCUT2D eigenvalue weighted by Gasteiger charge is 2.10. The van der Waals surface area contributed by atoms with E-state index in [0.29, 0.717) is 17.9 Å². The molecule has 1 amide bonds. The predicted octanol–water partition coefficient (Wildman–Crippen LogP) is 0.636. The van der Waals surface area contributed by atoms with Crippen molar-refractivity contribution in [3.05, 3.63) is 41.7 Å². The molecule has 6 heteroatoms. The topological polar surface area (TPSA) is 85.8 Å². The molecule has 2 aromatic rings. The van der Waals surface area contributed by atoms with Crippen LogP contribution in [0.15, 0.2) is 24.7 Å². The van der Waals surface area contributed by atoms with E-state index in [1.807, 2.05) is 6.92 Å². The van der Waals surface area contributed by atoms with Crippen LogP contribution in [0.3, 0.4) is 0 Å². The maximum Gasteiger partial charge on any atom is 0.268 e. The molecule has 2 rings (SSSR count). The molecule has 3 N–H and O–H groups in total. The van der Waals surface area contributed by atoms with Crippen molar-refractivity contribution >= 4 is 11.6 Å². The Kier molecular flexibility index (Phi) is 3.27. The van der Waals surface area contributed by atoms with E-state index in [2.05, 4.69) is 15.3 Å². The van der Waals surface area contributed by atoms with Gasteiger partial charge < -0.3 is 15.6 Å². The summed E-state index contributed by atoms with van der Waals surface area (Å²) in [5.74, 6) is -0.184. The van der Waals surface area contributed by atoms with Gasteiger partial charge in [-0.3, -0.25) is 14.8 Å². The SMILES string of the molecule is Cc1cnc(CNC(=O)c2cc(N)cn2C)cn1. The van der Waals surface area contributed by atoms with Crippen molar-refractivity contribution in [2.45, 2.75) is 13.5 Å². The van der Waals surface area contributed by atoms with Gasteiger partial charge in [0.1, 0.15) is 5.69 Å². The van der Waals surface area contributed by atoms with Crippen LogP contribution in [0.1, 0.15) is 21.9 Å². The fourth-order valence-corrected chi connectivity index (χ4v) is 1.59. The Morgan fingerprint density at radius 2 is 2.22 bits per heavy atom. The van der Waals surface area contributed by atoms with Crippen LogP contribution < -0.4 is 11.1 Å². The van der Waals surface area contributed by atoms with Crippen LogP contribution in [0.25, 0.3) is 0 Å². The molecule has 2 aromatic heterocycles. The molecule has 6 nitrogen and oxygen atoms in total. The molecule has 2 heterocycles. The van der Waals surface area contributed by atoms with Crippen LogP contribution in [0.5, 0.6) is 0 Å². The highest BCUT2D eigenvalue weighted by Crippen LogP contribution is 2.08. The summed E-state index contributed by atoms with van der Waals surface area (Å²) in [6.07, 6.45) is 5.01. The Labute approximate surface area is 105 Å². The minimum Gasteiger partial charge on any atom is -0.397 e. The number of carbonyl (C=O) groups is 1. The van der Waals surface area contributed by atoms with Crippen molar-refractivity contribution in [3.8, 4) is 0 Å². The molecule has 0 spiro atoms.